The van der Waals surface area contributed by atoms with E-state index >= 15 is 0 Å². The van der Waals surface area contributed by atoms with Gasteiger partial charge in [0, 0.05) is 6.04 Å². The normalized spacial score (nSPS) is 13.6. The van der Waals surface area contributed by atoms with Crippen LogP contribution in [0.15, 0.2) is 35.5 Å². The van der Waals surface area contributed by atoms with Crippen LogP contribution < -0.4 is 4.72 Å². The Kier molecular flexibility index (Phi) is 4.43. The van der Waals surface area contributed by atoms with E-state index in [4.69, 9.17) is 0 Å². The van der Waals surface area contributed by atoms with Crippen molar-refractivity contribution >= 4 is 10.0 Å². The third-order valence-electron chi connectivity index (χ3n) is 3.15. The molecule has 2 N–H and O–H groups in total. The number of halogens is 1. The van der Waals surface area contributed by atoms with Gasteiger partial charge in [0.1, 0.15) is 11.6 Å². The molecular formula is C14H18FN3O2S. The molecule has 0 saturated carbocycles. The van der Waals surface area contributed by atoms with Gasteiger partial charge in [-0.05, 0) is 30.5 Å². The zero-order valence-electron chi connectivity index (χ0n) is 12.1. The Bertz CT molecular complexity index is 708. The molecule has 1 aromatic heterocycles. The molecule has 0 radical (unpaired) electrons. The van der Waals surface area contributed by atoms with Crippen molar-refractivity contribution < 1.29 is 12.8 Å². The molecule has 0 aliphatic carbocycles. The quantitative estimate of drug-likeness (QED) is 0.891. The first-order valence-electron chi connectivity index (χ1n) is 6.59. The highest BCUT2D eigenvalue weighted by atomic mass is 32.2. The Morgan fingerprint density at radius 1 is 1.24 bits per heavy atom. The van der Waals surface area contributed by atoms with Crippen molar-refractivity contribution in [3.63, 3.8) is 0 Å². The second-order valence-electron chi connectivity index (χ2n) is 5.23. The number of H-pyrrole nitrogens is 1. The van der Waals surface area contributed by atoms with Crippen LogP contribution in [0.1, 0.15) is 31.3 Å². The first-order valence-corrected chi connectivity index (χ1v) is 8.07. The Morgan fingerprint density at radius 3 is 2.33 bits per heavy atom. The van der Waals surface area contributed by atoms with Crippen LogP contribution in [-0.2, 0) is 10.0 Å². The lowest BCUT2D eigenvalue weighted by atomic mass is 9.97. The van der Waals surface area contributed by atoms with Gasteiger partial charge in [0.15, 0.2) is 5.03 Å². The van der Waals surface area contributed by atoms with E-state index < -0.39 is 16.1 Å². The fraction of sp³-hybridized carbons (Fsp3) is 0.357. The Labute approximate surface area is 123 Å². The first-order chi connectivity index (χ1) is 9.79. The van der Waals surface area contributed by atoms with E-state index in [1.165, 1.54) is 18.3 Å². The zero-order valence-corrected chi connectivity index (χ0v) is 12.9. The van der Waals surface area contributed by atoms with E-state index in [-0.39, 0.29) is 16.8 Å². The van der Waals surface area contributed by atoms with Crippen LogP contribution >= 0.6 is 0 Å². The summed E-state index contributed by atoms with van der Waals surface area (Å²) in [4.78, 5) is 6.59. The van der Waals surface area contributed by atoms with Crippen LogP contribution in [-0.4, -0.2) is 18.4 Å². The molecule has 0 spiro atoms. The number of rotatable bonds is 5. The molecule has 1 heterocycles. The predicted molar refractivity (Wildman–Crippen MR) is 77.6 cm³/mol. The second kappa shape index (κ2) is 5.95. The number of aromatic amines is 1. The van der Waals surface area contributed by atoms with Crippen molar-refractivity contribution in [1.82, 2.24) is 14.7 Å². The van der Waals surface area contributed by atoms with Crippen LogP contribution in [0.25, 0.3) is 0 Å². The number of nitrogens with one attached hydrogen (secondary N) is 2. The number of aromatic nitrogens is 2. The first kappa shape index (κ1) is 15.7. The monoisotopic (exact) mass is 311 g/mol. The van der Waals surface area contributed by atoms with Gasteiger partial charge in [0.2, 0.25) is 0 Å². The maximum atomic E-state index is 13.0. The molecule has 0 aliphatic rings. The molecule has 1 aromatic carbocycles. The highest BCUT2D eigenvalue weighted by molar-refractivity contribution is 7.89. The van der Waals surface area contributed by atoms with Gasteiger partial charge in [-0.2, -0.15) is 0 Å². The molecule has 114 valence electrons. The van der Waals surface area contributed by atoms with E-state index in [2.05, 4.69) is 14.7 Å². The molecule has 21 heavy (non-hydrogen) atoms. The predicted octanol–water partition coefficient (Wildman–Crippen LogP) is 2.53. The second-order valence-corrected chi connectivity index (χ2v) is 6.91. The number of sulfonamides is 1. The fourth-order valence-corrected chi connectivity index (χ4v) is 3.37. The van der Waals surface area contributed by atoms with E-state index in [9.17, 15) is 12.8 Å². The third kappa shape index (κ3) is 3.68. The van der Waals surface area contributed by atoms with Crippen LogP contribution in [0, 0.1) is 18.7 Å². The summed E-state index contributed by atoms with van der Waals surface area (Å²) in [6, 6.07) is 5.36. The van der Waals surface area contributed by atoms with Gasteiger partial charge < -0.3 is 4.98 Å². The Morgan fingerprint density at radius 2 is 1.86 bits per heavy atom. The Hall–Kier alpha value is -1.73. The molecule has 0 fully saturated rings. The number of imidazole rings is 1. The molecule has 0 saturated heterocycles. The van der Waals surface area contributed by atoms with Gasteiger partial charge in [-0.1, -0.05) is 26.0 Å². The van der Waals surface area contributed by atoms with Crippen LogP contribution in [0.3, 0.4) is 0 Å². The number of nitrogens with zero attached hydrogens (tertiary/aromatic N) is 1. The van der Waals surface area contributed by atoms with E-state index in [0.29, 0.717) is 11.4 Å². The zero-order chi connectivity index (χ0) is 15.6. The summed E-state index contributed by atoms with van der Waals surface area (Å²) in [5, 5.41) is 0.0211. The molecule has 0 bridgehead atoms. The molecule has 7 heteroatoms. The van der Waals surface area contributed by atoms with E-state index in [1.807, 2.05) is 13.8 Å². The van der Waals surface area contributed by atoms with Gasteiger partial charge >= 0.3 is 0 Å². The summed E-state index contributed by atoms with van der Waals surface area (Å²) in [7, 11) is -3.70. The molecule has 1 atom stereocenters. The van der Waals surface area contributed by atoms with Gasteiger partial charge in [-0.25, -0.2) is 22.5 Å². The van der Waals surface area contributed by atoms with Crippen molar-refractivity contribution in [2.45, 2.75) is 31.8 Å². The van der Waals surface area contributed by atoms with Crippen molar-refractivity contribution in [1.29, 1.82) is 0 Å². The van der Waals surface area contributed by atoms with Crippen LogP contribution in [0.5, 0.6) is 0 Å². The maximum Gasteiger partial charge on any atom is 0.258 e. The van der Waals surface area contributed by atoms with Gasteiger partial charge in [-0.3, -0.25) is 0 Å². The van der Waals surface area contributed by atoms with E-state index in [0.717, 1.165) is 0 Å². The molecule has 0 amide bonds. The molecule has 2 rings (SSSR count). The lowest BCUT2D eigenvalue weighted by Gasteiger charge is -2.22. The van der Waals surface area contributed by atoms with Gasteiger partial charge in [-0.15, -0.1) is 0 Å². The molecule has 1 unspecified atom stereocenters. The average Bonchev–Trinajstić information content (AvgIpc) is 2.84. The lowest BCUT2D eigenvalue weighted by Crippen LogP contribution is -2.32. The fourth-order valence-electron chi connectivity index (χ4n) is 2.02. The minimum atomic E-state index is -3.70. The van der Waals surface area contributed by atoms with Crippen molar-refractivity contribution in [3.8, 4) is 0 Å². The minimum absolute atomic E-state index is 0.00857. The highest BCUT2D eigenvalue weighted by Crippen LogP contribution is 2.24. The van der Waals surface area contributed by atoms with E-state index in [1.54, 1.807) is 19.1 Å². The average molecular weight is 311 g/mol. The van der Waals surface area contributed by atoms with Crippen LogP contribution in [0.2, 0.25) is 0 Å². The van der Waals surface area contributed by atoms with Crippen LogP contribution in [0.4, 0.5) is 4.39 Å². The maximum absolute atomic E-state index is 13.0. The lowest BCUT2D eigenvalue weighted by molar-refractivity contribution is 0.461. The topological polar surface area (TPSA) is 74.8 Å². The van der Waals surface area contributed by atoms with Crippen molar-refractivity contribution in [2.75, 3.05) is 0 Å². The highest BCUT2D eigenvalue weighted by Gasteiger charge is 2.25. The van der Waals surface area contributed by atoms with Gasteiger partial charge in [0.25, 0.3) is 10.0 Å². The molecular weight excluding hydrogens is 293 g/mol. The van der Waals surface area contributed by atoms with Crippen molar-refractivity contribution in [3.05, 3.63) is 47.7 Å². The summed E-state index contributed by atoms with van der Waals surface area (Å²) in [6.45, 7) is 5.47. The number of hydrogen-bond donors (Lipinski definition) is 2. The SMILES string of the molecule is Cc1ncc(S(=O)(=O)NC(c2ccc(F)cc2)C(C)C)[nH]1. The Balaban J connectivity index is 2.30. The minimum Gasteiger partial charge on any atom is -0.332 e. The number of benzene rings is 1. The largest absolute Gasteiger partial charge is 0.332 e. The molecule has 5 nitrogen and oxygen atoms in total. The van der Waals surface area contributed by atoms with Crippen molar-refractivity contribution in [2.24, 2.45) is 5.92 Å². The summed E-state index contributed by atoms with van der Waals surface area (Å²) in [5.41, 5.74) is 0.714. The molecule has 2 aromatic rings. The van der Waals surface area contributed by atoms with Gasteiger partial charge in [0.05, 0.1) is 6.20 Å². The summed E-state index contributed by atoms with van der Waals surface area (Å²) in [6.07, 6.45) is 1.28. The standard InChI is InChI=1S/C14H18FN3O2S/c1-9(2)14(11-4-6-12(15)7-5-11)18-21(19,20)13-8-16-10(3)17-13/h4-9,14,18H,1-3H3,(H,16,17). The summed E-state index contributed by atoms with van der Waals surface area (Å²) < 4.78 is 40.3. The molecule has 0 aliphatic heterocycles. The smallest absolute Gasteiger partial charge is 0.258 e. The third-order valence-corrected chi connectivity index (χ3v) is 4.50. The summed E-state index contributed by atoms with van der Waals surface area (Å²) in [5.74, 6) is 0.181. The summed E-state index contributed by atoms with van der Waals surface area (Å²) >= 11 is 0. The number of aryl methyl sites for hydroxylation is 1. The number of hydrogen-bond acceptors (Lipinski definition) is 3.